The molecule has 2 N–H and O–H groups in total. The van der Waals surface area contributed by atoms with E-state index in [1.165, 1.54) is 51.7 Å². The summed E-state index contributed by atoms with van der Waals surface area (Å²) in [5.41, 5.74) is 0. The SMILES string of the molecule is CCOCCNC(=NC)NCCCN1CCCCCC1.I. The van der Waals surface area contributed by atoms with E-state index >= 15 is 0 Å². The Hall–Kier alpha value is -0.0800. The van der Waals surface area contributed by atoms with Crippen molar-refractivity contribution in [2.24, 2.45) is 4.99 Å². The largest absolute Gasteiger partial charge is 0.380 e. The molecule has 0 amide bonds. The van der Waals surface area contributed by atoms with Crippen LogP contribution in [0.15, 0.2) is 4.99 Å². The van der Waals surface area contributed by atoms with Crippen LogP contribution in [0.25, 0.3) is 0 Å². The quantitative estimate of drug-likeness (QED) is 0.277. The van der Waals surface area contributed by atoms with E-state index < -0.39 is 0 Å². The molecule has 0 atom stereocenters. The van der Waals surface area contributed by atoms with Crippen LogP contribution >= 0.6 is 24.0 Å². The second kappa shape index (κ2) is 14.8. The van der Waals surface area contributed by atoms with Gasteiger partial charge in [-0.2, -0.15) is 0 Å². The number of ether oxygens (including phenoxy) is 1. The molecular weight excluding hydrogens is 379 g/mol. The maximum atomic E-state index is 5.29. The van der Waals surface area contributed by atoms with Crippen molar-refractivity contribution >= 4 is 29.9 Å². The summed E-state index contributed by atoms with van der Waals surface area (Å²) in [5, 5.41) is 6.61. The maximum Gasteiger partial charge on any atom is 0.191 e. The molecule has 0 aliphatic carbocycles. The third-order valence-electron chi connectivity index (χ3n) is 3.61. The van der Waals surface area contributed by atoms with Crippen LogP contribution in [0, 0.1) is 0 Å². The number of halogens is 1. The smallest absolute Gasteiger partial charge is 0.191 e. The highest BCUT2D eigenvalue weighted by atomic mass is 127. The number of rotatable bonds is 8. The second-order valence-corrected chi connectivity index (χ2v) is 5.23. The van der Waals surface area contributed by atoms with E-state index in [-0.39, 0.29) is 24.0 Å². The molecule has 5 nitrogen and oxygen atoms in total. The first kappa shape index (κ1) is 20.9. The first-order valence-electron chi connectivity index (χ1n) is 8.11. The standard InChI is InChI=1S/C15H32N4O.HI/c1-3-20-14-10-18-15(16-2)17-9-8-13-19-11-6-4-5-7-12-19;/h3-14H2,1-2H3,(H2,16,17,18);1H. The molecule has 6 heteroatoms. The summed E-state index contributed by atoms with van der Waals surface area (Å²) in [6, 6.07) is 0. The highest BCUT2D eigenvalue weighted by Crippen LogP contribution is 2.09. The Morgan fingerprint density at radius 3 is 2.38 bits per heavy atom. The summed E-state index contributed by atoms with van der Waals surface area (Å²) < 4.78 is 5.29. The number of aliphatic imine (C=N–C) groups is 1. The molecule has 0 aromatic heterocycles. The Morgan fingerprint density at radius 2 is 1.76 bits per heavy atom. The third-order valence-corrected chi connectivity index (χ3v) is 3.61. The second-order valence-electron chi connectivity index (χ2n) is 5.23. The lowest BCUT2D eigenvalue weighted by molar-refractivity contribution is 0.152. The van der Waals surface area contributed by atoms with Crippen LogP contribution in [-0.4, -0.2) is 63.8 Å². The van der Waals surface area contributed by atoms with E-state index in [0.29, 0.717) is 0 Å². The third kappa shape index (κ3) is 11.2. The molecule has 0 saturated carbocycles. The summed E-state index contributed by atoms with van der Waals surface area (Å²) in [6.45, 7) is 9.04. The summed E-state index contributed by atoms with van der Waals surface area (Å²) in [6.07, 6.45) is 6.73. The number of guanidine groups is 1. The predicted molar refractivity (Wildman–Crippen MR) is 101 cm³/mol. The van der Waals surface area contributed by atoms with Gasteiger partial charge in [-0.15, -0.1) is 24.0 Å². The van der Waals surface area contributed by atoms with Crippen LogP contribution in [0.4, 0.5) is 0 Å². The molecule has 1 saturated heterocycles. The van der Waals surface area contributed by atoms with Gasteiger partial charge in [0.2, 0.25) is 0 Å². The van der Waals surface area contributed by atoms with Gasteiger partial charge in [-0.05, 0) is 45.8 Å². The molecule has 21 heavy (non-hydrogen) atoms. The molecule has 0 unspecified atom stereocenters. The van der Waals surface area contributed by atoms with E-state index in [1.54, 1.807) is 0 Å². The van der Waals surface area contributed by atoms with Crippen LogP contribution in [0.2, 0.25) is 0 Å². The van der Waals surface area contributed by atoms with Crippen molar-refractivity contribution in [1.29, 1.82) is 0 Å². The lowest BCUT2D eigenvalue weighted by Crippen LogP contribution is -2.40. The molecule has 0 radical (unpaired) electrons. The zero-order chi connectivity index (χ0) is 14.5. The van der Waals surface area contributed by atoms with E-state index in [0.717, 1.165) is 32.3 Å². The highest BCUT2D eigenvalue weighted by molar-refractivity contribution is 14.0. The van der Waals surface area contributed by atoms with Gasteiger partial charge >= 0.3 is 0 Å². The monoisotopic (exact) mass is 412 g/mol. The van der Waals surface area contributed by atoms with Gasteiger partial charge in [0.05, 0.1) is 6.61 Å². The van der Waals surface area contributed by atoms with E-state index in [9.17, 15) is 0 Å². The summed E-state index contributed by atoms with van der Waals surface area (Å²) >= 11 is 0. The minimum atomic E-state index is 0. The summed E-state index contributed by atoms with van der Waals surface area (Å²) in [4.78, 5) is 6.81. The molecular formula is C15H33IN4O. The van der Waals surface area contributed by atoms with Crippen LogP contribution in [0.3, 0.4) is 0 Å². The summed E-state index contributed by atoms with van der Waals surface area (Å²) in [7, 11) is 1.81. The van der Waals surface area contributed by atoms with Crippen LogP contribution in [-0.2, 0) is 4.74 Å². The number of likely N-dealkylation sites (tertiary alicyclic amines) is 1. The lowest BCUT2D eigenvalue weighted by atomic mass is 10.2. The molecule has 1 aliphatic rings. The topological polar surface area (TPSA) is 48.9 Å². The zero-order valence-corrected chi connectivity index (χ0v) is 16.0. The van der Waals surface area contributed by atoms with Crippen LogP contribution in [0.1, 0.15) is 39.0 Å². The Bertz CT molecular complexity index is 256. The minimum absolute atomic E-state index is 0. The number of nitrogens with zero attached hydrogens (tertiary/aromatic N) is 2. The Morgan fingerprint density at radius 1 is 1.10 bits per heavy atom. The van der Waals surface area contributed by atoms with Gasteiger partial charge in [0.25, 0.3) is 0 Å². The fraction of sp³-hybridized carbons (Fsp3) is 0.933. The molecule has 126 valence electrons. The zero-order valence-electron chi connectivity index (χ0n) is 13.7. The van der Waals surface area contributed by atoms with Gasteiger partial charge in [-0.3, -0.25) is 4.99 Å². The maximum absolute atomic E-state index is 5.29. The molecule has 0 aromatic carbocycles. The van der Waals surface area contributed by atoms with Crippen molar-refractivity contribution in [3.05, 3.63) is 0 Å². The average molecular weight is 412 g/mol. The fourth-order valence-corrected chi connectivity index (χ4v) is 2.48. The fourth-order valence-electron chi connectivity index (χ4n) is 2.48. The van der Waals surface area contributed by atoms with Gasteiger partial charge in [-0.25, -0.2) is 0 Å². The molecule has 1 aliphatic heterocycles. The first-order valence-corrected chi connectivity index (χ1v) is 8.11. The van der Waals surface area contributed by atoms with Gasteiger partial charge in [-0.1, -0.05) is 12.8 Å². The molecule has 0 aromatic rings. The van der Waals surface area contributed by atoms with Crippen molar-refractivity contribution in [3.63, 3.8) is 0 Å². The lowest BCUT2D eigenvalue weighted by Gasteiger charge is -2.20. The van der Waals surface area contributed by atoms with Gasteiger partial charge in [0, 0.05) is 26.7 Å². The van der Waals surface area contributed by atoms with E-state index in [1.807, 2.05) is 14.0 Å². The Labute approximate surface area is 147 Å². The highest BCUT2D eigenvalue weighted by Gasteiger charge is 2.08. The number of hydrogen-bond donors (Lipinski definition) is 2. The van der Waals surface area contributed by atoms with Crippen molar-refractivity contribution in [2.45, 2.75) is 39.0 Å². The van der Waals surface area contributed by atoms with Gasteiger partial charge < -0.3 is 20.3 Å². The molecule has 1 rings (SSSR count). The van der Waals surface area contributed by atoms with Crippen molar-refractivity contribution < 1.29 is 4.74 Å². The Balaban J connectivity index is 0.00000400. The Kier molecular flexibility index (Phi) is 14.8. The molecule has 1 heterocycles. The van der Waals surface area contributed by atoms with E-state index in [2.05, 4.69) is 20.5 Å². The van der Waals surface area contributed by atoms with Gasteiger partial charge in [0.15, 0.2) is 5.96 Å². The minimum Gasteiger partial charge on any atom is -0.380 e. The molecule has 0 bridgehead atoms. The van der Waals surface area contributed by atoms with Gasteiger partial charge in [0.1, 0.15) is 0 Å². The van der Waals surface area contributed by atoms with Crippen LogP contribution < -0.4 is 10.6 Å². The summed E-state index contributed by atoms with van der Waals surface area (Å²) in [5.74, 6) is 0.876. The first-order chi connectivity index (χ1) is 9.86. The average Bonchev–Trinajstić information content (AvgIpc) is 2.74. The van der Waals surface area contributed by atoms with Crippen molar-refractivity contribution in [1.82, 2.24) is 15.5 Å². The van der Waals surface area contributed by atoms with Crippen molar-refractivity contribution in [2.75, 3.05) is 53.0 Å². The van der Waals surface area contributed by atoms with Crippen molar-refractivity contribution in [3.8, 4) is 0 Å². The molecule has 1 fully saturated rings. The molecule has 0 spiro atoms. The number of hydrogen-bond acceptors (Lipinski definition) is 3. The normalized spacial score (nSPS) is 17.0. The van der Waals surface area contributed by atoms with Crippen LogP contribution in [0.5, 0.6) is 0 Å². The number of nitrogens with one attached hydrogen (secondary N) is 2. The van der Waals surface area contributed by atoms with E-state index in [4.69, 9.17) is 4.74 Å². The predicted octanol–water partition coefficient (Wildman–Crippen LogP) is 2.07.